The van der Waals surface area contributed by atoms with E-state index in [0.29, 0.717) is 0 Å². The second kappa shape index (κ2) is 7.94. The quantitative estimate of drug-likeness (QED) is 0.812. The van der Waals surface area contributed by atoms with Crippen molar-refractivity contribution in [2.24, 2.45) is 0 Å². The van der Waals surface area contributed by atoms with E-state index in [1.165, 1.54) is 0 Å². The normalized spacial score (nSPS) is 14.2. The van der Waals surface area contributed by atoms with E-state index in [-0.39, 0.29) is 24.5 Å². The number of hydrogen-bond donors (Lipinski definition) is 2. The van der Waals surface area contributed by atoms with Gasteiger partial charge in [-0.15, -0.1) is 0 Å². The third-order valence-electron chi connectivity index (χ3n) is 3.25. The summed E-state index contributed by atoms with van der Waals surface area (Å²) in [5.74, 6) is -1.74. The first-order valence-corrected chi connectivity index (χ1v) is 7.43. The Morgan fingerprint density at radius 2 is 1.82 bits per heavy atom. The van der Waals surface area contributed by atoms with Gasteiger partial charge in [0, 0.05) is 13.0 Å². The summed E-state index contributed by atoms with van der Waals surface area (Å²) in [6.07, 6.45) is 0.236. The number of benzene rings is 1. The van der Waals surface area contributed by atoms with Crippen LogP contribution >= 0.6 is 0 Å². The molecule has 22 heavy (non-hydrogen) atoms. The maximum Gasteiger partial charge on any atom is 0.326 e. The average molecular weight is 307 g/mol. The molecule has 1 aromatic carbocycles. The van der Waals surface area contributed by atoms with Crippen molar-refractivity contribution in [1.82, 2.24) is 5.32 Å². The van der Waals surface area contributed by atoms with Crippen LogP contribution in [0.15, 0.2) is 30.3 Å². The van der Waals surface area contributed by atoms with Gasteiger partial charge >= 0.3 is 5.97 Å². The molecule has 1 amide bonds. The standard InChI is InChI=1S/C17H25NO4/c1-12(13-8-6-5-7-9-13)15(19)18-14(16(20)21)10-11-22-17(2,3)4/h5-9,12,14H,10-11H2,1-4H3,(H,18,19)(H,20,21)/t12-,14?/m0/s1. The lowest BCUT2D eigenvalue weighted by Gasteiger charge is -2.22. The highest BCUT2D eigenvalue weighted by atomic mass is 16.5. The van der Waals surface area contributed by atoms with Crippen LogP contribution in [0.2, 0.25) is 0 Å². The Bertz CT molecular complexity index is 493. The minimum Gasteiger partial charge on any atom is -0.480 e. The molecule has 0 spiro atoms. The van der Waals surface area contributed by atoms with Crippen molar-refractivity contribution >= 4 is 11.9 Å². The lowest BCUT2D eigenvalue weighted by molar-refractivity contribution is -0.143. The van der Waals surface area contributed by atoms with Crippen LogP contribution in [0.4, 0.5) is 0 Å². The van der Waals surface area contributed by atoms with Gasteiger partial charge in [0.1, 0.15) is 6.04 Å². The molecular weight excluding hydrogens is 282 g/mol. The van der Waals surface area contributed by atoms with Crippen LogP contribution in [0.3, 0.4) is 0 Å². The summed E-state index contributed by atoms with van der Waals surface area (Å²) in [6, 6.07) is 8.33. The van der Waals surface area contributed by atoms with Gasteiger partial charge in [-0.25, -0.2) is 4.79 Å². The van der Waals surface area contributed by atoms with E-state index in [0.717, 1.165) is 5.56 Å². The van der Waals surface area contributed by atoms with E-state index in [2.05, 4.69) is 5.32 Å². The number of carbonyl (C=O) groups is 2. The Hall–Kier alpha value is -1.88. The highest BCUT2D eigenvalue weighted by Gasteiger charge is 2.24. The number of ether oxygens (including phenoxy) is 1. The zero-order valence-corrected chi connectivity index (χ0v) is 13.6. The SMILES string of the molecule is C[C@H](C(=O)NC(CCOC(C)(C)C)C(=O)O)c1ccccc1. The third-order valence-corrected chi connectivity index (χ3v) is 3.25. The smallest absolute Gasteiger partial charge is 0.326 e. The number of carboxylic acid groups (broad SMARTS) is 1. The van der Waals surface area contributed by atoms with E-state index >= 15 is 0 Å². The van der Waals surface area contributed by atoms with Crippen molar-refractivity contribution in [2.75, 3.05) is 6.61 Å². The molecule has 2 atom stereocenters. The number of hydrogen-bond acceptors (Lipinski definition) is 3. The average Bonchev–Trinajstić information content (AvgIpc) is 2.44. The van der Waals surface area contributed by atoms with Gasteiger partial charge in [-0.1, -0.05) is 30.3 Å². The molecular formula is C17H25NO4. The van der Waals surface area contributed by atoms with Crippen LogP contribution in [-0.2, 0) is 14.3 Å². The van der Waals surface area contributed by atoms with E-state index in [9.17, 15) is 14.7 Å². The van der Waals surface area contributed by atoms with E-state index in [4.69, 9.17) is 4.74 Å². The van der Waals surface area contributed by atoms with Gasteiger partial charge in [0.2, 0.25) is 5.91 Å². The molecule has 1 rings (SSSR count). The molecule has 0 aliphatic carbocycles. The molecule has 0 radical (unpaired) electrons. The predicted molar refractivity (Wildman–Crippen MR) is 84.7 cm³/mol. The molecule has 0 heterocycles. The summed E-state index contributed by atoms with van der Waals surface area (Å²) in [6.45, 7) is 7.74. The first kappa shape index (κ1) is 18.2. The second-order valence-corrected chi connectivity index (χ2v) is 6.28. The second-order valence-electron chi connectivity index (χ2n) is 6.28. The molecule has 0 aliphatic rings. The Morgan fingerprint density at radius 1 is 1.23 bits per heavy atom. The van der Waals surface area contributed by atoms with Gasteiger partial charge in [0.15, 0.2) is 0 Å². The van der Waals surface area contributed by atoms with Crippen molar-refractivity contribution < 1.29 is 19.4 Å². The summed E-state index contributed by atoms with van der Waals surface area (Å²) >= 11 is 0. The van der Waals surface area contributed by atoms with Crippen LogP contribution in [0.1, 0.15) is 45.6 Å². The monoisotopic (exact) mass is 307 g/mol. The molecule has 1 aromatic rings. The minimum atomic E-state index is -1.05. The molecule has 1 unspecified atom stereocenters. The summed E-state index contributed by atoms with van der Waals surface area (Å²) in [4.78, 5) is 23.5. The number of carbonyl (C=O) groups excluding carboxylic acids is 1. The van der Waals surface area contributed by atoms with Gasteiger partial charge in [-0.3, -0.25) is 4.79 Å². The molecule has 5 heteroatoms. The van der Waals surface area contributed by atoms with Crippen LogP contribution in [-0.4, -0.2) is 35.2 Å². The Labute approximate surface area is 131 Å². The first-order valence-electron chi connectivity index (χ1n) is 7.43. The van der Waals surface area contributed by atoms with Crippen molar-refractivity contribution in [1.29, 1.82) is 0 Å². The van der Waals surface area contributed by atoms with Gasteiger partial charge in [-0.05, 0) is 33.3 Å². The fourth-order valence-corrected chi connectivity index (χ4v) is 1.93. The maximum atomic E-state index is 12.2. The predicted octanol–water partition coefficient (Wildman–Crippen LogP) is 2.56. The first-order chi connectivity index (χ1) is 10.2. The van der Waals surface area contributed by atoms with Gasteiger partial charge in [0.25, 0.3) is 0 Å². The number of aliphatic carboxylic acids is 1. The fraction of sp³-hybridized carbons (Fsp3) is 0.529. The van der Waals surface area contributed by atoms with Crippen molar-refractivity contribution in [2.45, 2.75) is 51.7 Å². The Balaban J connectivity index is 2.59. The largest absolute Gasteiger partial charge is 0.480 e. The third kappa shape index (κ3) is 6.26. The highest BCUT2D eigenvalue weighted by molar-refractivity contribution is 5.87. The van der Waals surface area contributed by atoms with Gasteiger partial charge in [0.05, 0.1) is 11.5 Å². The molecule has 5 nitrogen and oxygen atoms in total. The molecule has 0 aromatic heterocycles. The Morgan fingerprint density at radius 3 is 2.32 bits per heavy atom. The van der Waals surface area contributed by atoms with Gasteiger partial charge in [-0.2, -0.15) is 0 Å². The zero-order chi connectivity index (χ0) is 16.8. The van der Waals surface area contributed by atoms with Crippen molar-refractivity contribution in [3.05, 3.63) is 35.9 Å². The van der Waals surface area contributed by atoms with Crippen LogP contribution < -0.4 is 5.32 Å². The Kier molecular flexibility index (Phi) is 6.56. The summed E-state index contributed by atoms with van der Waals surface area (Å²) in [5, 5.41) is 11.8. The molecule has 0 aliphatic heterocycles. The van der Waals surface area contributed by atoms with Crippen molar-refractivity contribution in [3.8, 4) is 0 Å². The van der Waals surface area contributed by atoms with Crippen LogP contribution in [0.25, 0.3) is 0 Å². The number of rotatable bonds is 7. The maximum absolute atomic E-state index is 12.2. The molecule has 2 N–H and O–H groups in total. The highest BCUT2D eigenvalue weighted by Crippen LogP contribution is 2.15. The van der Waals surface area contributed by atoms with Crippen LogP contribution in [0, 0.1) is 0 Å². The number of carboxylic acids is 1. The lowest BCUT2D eigenvalue weighted by Crippen LogP contribution is -2.43. The van der Waals surface area contributed by atoms with Crippen LogP contribution in [0.5, 0.6) is 0 Å². The lowest BCUT2D eigenvalue weighted by atomic mass is 10.00. The molecule has 122 valence electrons. The summed E-state index contributed by atoms with van der Waals surface area (Å²) in [7, 11) is 0. The topological polar surface area (TPSA) is 75.6 Å². The van der Waals surface area contributed by atoms with E-state index < -0.39 is 17.9 Å². The molecule has 0 fully saturated rings. The molecule has 0 saturated heterocycles. The molecule has 0 saturated carbocycles. The fourth-order valence-electron chi connectivity index (χ4n) is 1.93. The van der Waals surface area contributed by atoms with E-state index in [1.54, 1.807) is 6.92 Å². The minimum absolute atomic E-state index is 0.236. The van der Waals surface area contributed by atoms with Crippen molar-refractivity contribution in [3.63, 3.8) is 0 Å². The summed E-state index contributed by atoms with van der Waals surface area (Å²) in [5.41, 5.74) is 0.528. The van der Waals surface area contributed by atoms with Gasteiger partial charge < -0.3 is 15.2 Å². The summed E-state index contributed by atoms with van der Waals surface area (Å²) < 4.78 is 5.52. The number of nitrogens with one attached hydrogen (secondary N) is 1. The molecule has 0 bridgehead atoms. The van der Waals surface area contributed by atoms with E-state index in [1.807, 2.05) is 51.1 Å². The number of amides is 1. The zero-order valence-electron chi connectivity index (χ0n) is 13.6.